The van der Waals surface area contributed by atoms with Gasteiger partial charge in [0.2, 0.25) is 0 Å². The Morgan fingerprint density at radius 1 is 1.33 bits per heavy atom. The molecule has 0 saturated carbocycles. The minimum Gasteiger partial charge on any atom is -0.462 e. The Hall–Kier alpha value is -1.36. The molecule has 1 aromatic rings. The number of nitrogens with zero attached hydrogens (tertiary/aromatic N) is 1. The van der Waals surface area contributed by atoms with E-state index in [0.717, 1.165) is 5.56 Å². The van der Waals surface area contributed by atoms with Gasteiger partial charge in [0.15, 0.2) is 0 Å². The molecule has 5 heteroatoms. The fourth-order valence-electron chi connectivity index (χ4n) is 1.47. The van der Waals surface area contributed by atoms with E-state index in [2.05, 4.69) is 15.9 Å². The number of hydrogen-bond acceptors (Lipinski definition) is 3. The number of carbonyl (C=O) groups is 2. The topological polar surface area (TPSA) is 46.6 Å². The molecule has 1 amide bonds. The van der Waals surface area contributed by atoms with E-state index in [1.165, 1.54) is 4.90 Å². The summed E-state index contributed by atoms with van der Waals surface area (Å²) in [4.78, 5) is 25.1. The monoisotopic (exact) mass is 313 g/mol. The summed E-state index contributed by atoms with van der Waals surface area (Å²) in [6.45, 7) is 2.06. The summed E-state index contributed by atoms with van der Waals surface area (Å²) in [5.41, 5.74) is 1.76. The quantitative estimate of drug-likeness (QED) is 0.633. The normalized spacial score (nSPS) is 10.0. The minimum atomic E-state index is -0.411. The van der Waals surface area contributed by atoms with E-state index in [1.54, 1.807) is 39.2 Å². The number of amides is 1. The van der Waals surface area contributed by atoms with Gasteiger partial charge in [-0.1, -0.05) is 22.0 Å². The largest absolute Gasteiger partial charge is 0.462 e. The smallest absolute Gasteiger partial charge is 0.338 e. The number of hydrogen-bond donors (Lipinski definition) is 0. The van der Waals surface area contributed by atoms with Crippen LogP contribution in [0.15, 0.2) is 18.2 Å². The Morgan fingerprint density at radius 2 is 2.00 bits per heavy atom. The standard InChI is InChI=1S/C13H16BrNO3/c1-4-18-13(17)9-5-6-10(8-14)11(7-9)12(16)15(2)3/h5-7H,4,8H2,1-3H3. The molecule has 1 rings (SSSR count). The van der Waals surface area contributed by atoms with Gasteiger partial charge in [-0.05, 0) is 24.6 Å². The van der Waals surface area contributed by atoms with Crippen LogP contribution >= 0.6 is 15.9 Å². The third-order valence-corrected chi connectivity index (χ3v) is 3.01. The van der Waals surface area contributed by atoms with Crippen LogP contribution in [0, 0.1) is 0 Å². The van der Waals surface area contributed by atoms with Crippen molar-refractivity contribution in [1.82, 2.24) is 4.90 Å². The predicted molar refractivity (Wildman–Crippen MR) is 73.0 cm³/mol. The van der Waals surface area contributed by atoms with E-state index >= 15 is 0 Å². The summed E-state index contributed by atoms with van der Waals surface area (Å²) in [6, 6.07) is 5.01. The number of carbonyl (C=O) groups excluding carboxylic acids is 2. The van der Waals surface area contributed by atoms with Crippen molar-refractivity contribution in [3.63, 3.8) is 0 Å². The molecule has 0 atom stereocenters. The molecular weight excluding hydrogens is 298 g/mol. The highest BCUT2D eigenvalue weighted by Gasteiger charge is 2.16. The highest BCUT2D eigenvalue weighted by molar-refractivity contribution is 9.08. The fourth-order valence-corrected chi connectivity index (χ4v) is 1.96. The molecule has 0 aliphatic carbocycles. The average Bonchev–Trinajstić information content (AvgIpc) is 2.37. The Bertz CT molecular complexity index is 458. The first-order valence-electron chi connectivity index (χ1n) is 5.59. The van der Waals surface area contributed by atoms with Crippen molar-refractivity contribution in [2.75, 3.05) is 20.7 Å². The molecule has 0 fully saturated rings. The molecule has 0 radical (unpaired) electrons. The van der Waals surface area contributed by atoms with Crippen LogP contribution in [0.5, 0.6) is 0 Å². The number of alkyl halides is 1. The first-order chi connectivity index (χ1) is 8.51. The molecular formula is C13H16BrNO3. The molecule has 18 heavy (non-hydrogen) atoms. The number of esters is 1. The van der Waals surface area contributed by atoms with Crippen molar-refractivity contribution in [2.45, 2.75) is 12.3 Å². The Morgan fingerprint density at radius 3 is 2.50 bits per heavy atom. The van der Waals surface area contributed by atoms with Crippen molar-refractivity contribution >= 4 is 27.8 Å². The highest BCUT2D eigenvalue weighted by atomic mass is 79.9. The maximum absolute atomic E-state index is 12.0. The van der Waals surface area contributed by atoms with Crippen molar-refractivity contribution in [3.8, 4) is 0 Å². The van der Waals surface area contributed by atoms with Crippen LogP contribution in [0.4, 0.5) is 0 Å². The molecule has 0 aromatic heterocycles. The molecule has 0 spiro atoms. The van der Waals surface area contributed by atoms with Crippen molar-refractivity contribution < 1.29 is 14.3 Å². The predicted octanol–water partition coefficient (Wildman–Crippen LogP) is 2.46. The molecule has 1 aromatic carbocycles. The number of halogens is 1. The lowest BCUT2D eigenvalue weighted by Crippen LogP contribution is -2.23. The van der Waals surface area contributed by atoms with E-state index in [9.17, 15) is 9.59 Å². The van der Waals surface area contributed by atoms with E-state index in [0.29, 0.717) is 23.1 Å². The van der Waals surface area contributed by atoms with Crippen LogP contribution in [0.25, 0.3) is 0 Å². The van der Waals surface area contributed by atoms with Crippen molar-refractivity contribution in [2.24, 2.45) is 0 Å². The van der Waals surface area contributed by atoms with Gasteiger partial charge in [-0.3, -0.25) is 4.79 Å². The van der Waals surface area contributed by atoms with Crippen LogP contribution < -0.4 is 0 Å². The van der Waals surface area contributed by atoms with Crippen LogP contribution in [0.1, 0.15) is 33.2 Å². The average molecular weight is 314 g/mol. The van der Waals surface area contributed by atoms with E-state index in [-0.39, 0.29) is 5.91 Å². The van der Waals surface area contributed by atoms with Gasteiger partial charge in [0.05, 0.1) is 12.2 Å². The first kappa shape index (κ1) is 14.7. The molecule has 0 N–H and O–H groups in total. The van der Waals surface area contributed by atoms with Gasteiger partial charge in [-0.2, -0.15) is 0 Å². The Kier molecular flexibility index (Phi) is 5.34. The molecule has 0 unspecified atom stereocenters. The van der Waals surface area contributed by atoms with Gasteiger partial charge in [0, 0.05) is 25.0 Å². The second-order valence-electron chi connectivity index (χ2n) is 3.93. The second-order valence-corrected chi connectivity index (χ2v) is 4.49. The summed E-state index contributed by atoms with van der Waals surface area (Å²) in [5, 5.41) is 0.561. The molecule has 0 bridgehead atoms. The molecule has 0 saturated heterocycles. The Labute approximate surface area is 115 Å². The summed E-state index contributed by atoms with van der Waals surface area (Å²) < 4.78 is 4.92. The first-order valence-corrected chi connectivity index (χ1v) is 6.71. The third kappa shape index (κ3) is 3.32. The molecule has 0 aliphatic rings. The maximum atomic E-state index is 12.0. The lowest BCUT2D eigenvalue weighted by molar-refractivity contribution is 0.0526. The van der Waals surface area contributed by atoms with E-state index in [1.807, 2.05) is 0 Å². The van der Waals surface area contributed by atoms with Crippen LogP contribution in [-0.2, 0) is 10.1 Å². The van der Waals surface area contributed by atoms with Crippen molar-refractivity contribution in [3.05, 3.63) is 34.9 Å². The summed E-state index contributed by atoms with van der Waals surface area (Å²) in [7, 11) is 3.36. The molecule has 4 nitrogen and oxygen atoms in total. The highest BCUT2D eigenvalue weighted by Crippen LogP contribution is 2.17. The van der Waals surface area contributed by atoms with Gasteiger partial charge < -0.3 is 9.64 Å². The zero-order valence-corrected chi connectivity index (χ0v) is 12.3. The minimum absolute atomic E-state index is 0.129. The van der Waals surface area contributed by atoms with E-state index in [4.69, 9.17) is 4.74 Å². The van der Waals surface area contributed by atoms with Gasteiger partial charge >= 0.3 is 5.97 Å². The zero-order valence-electron chi connectivity index (χ0n) is 10.7. The number of rotatable bonds is 4. The van der Waals surface area contributed by atoms with Gasteiger partial charge in [-0.15, -0.1) is 0 Å². The fraction of sp³-hybridized carbons (Fsp3) is 0.385. The lowest BCUT2D eigenvalue weighted by Gasteiger charge is -2.14. The Balaban J connectivity index is 3.17. The second kappa shape index (κ2) is 6.54. The van der Waals surface area contributed by atoms with Gasteiger partial charge in [0.1, 0.15) is 0 Å². The van der Waals surface area contributed by atoms with Gasteiger partial charge in [0.25, 0.3) is 5.91 Å². The molecule has 0 aliphatic heterocycles. The zero-order chi connectivity index (χ0) is 13.7. The van der Waals surface area contributed by atoms with Crippen LogP contribution in [0.3, 0.4) is 0 Å². The van der Waals surface area contributed by atoms with Gasteiger partial charge in [-0.25, -0.2) is 4.79 Å². The van der Waals surface area contributed by atoms with Crippen LogP contribution in [-0.4, -0.2) is 37.5 Å². The summed E-state index contributed by atoms with van der Waals surface area (Å²) in [6.07, 6.45) is 0. The molecule has 0 heterocycles. The third-order valence-electron chi connectivity index (χ3n) is 2.40. The van der Waals surface area contributed by atoms with Crippen molar-refractivity contribution in [1.29, 1.82) is 0 Å². The summed E-state index contributed by atoms with van der Waals surface area (Å²) in [5.74, 6) is -0.540. The molecule has 98 valence electrons. The van der Waals surface area contributed by atoms with Crippen LogP contribution in [0.2, 0.25) is 0 Å². The number of benzene rings is 1. The SMILES string of the molecule is CCOC(=O)c1ccc(CBr)c(C(=O)N(C)C)c1. The number of ether oxygens (including phenoxy) is 1. The lowest BCUT2D eigenvalue weighted by atomic mass is 10.0. The van der Waals surface area contributed by atoms with E-state index < -0.39 is 5.97 Å². The summed E-state index contributed by atoms with van der Waals surface area (Å²) >= 11 is 3.33. The maximum Gasteiger partial charge on any atom is 0.338 e.